The van der Waals surface area contributed by atoms with Gasteiger partial charge in [0, 0.05) is 0 Å². The molecule has 0 aliphatic carbocycles. The van der Waals surface area contributed by atoms with Crippen molar-refractivity contribution < 1.29 is 4.12 Å². The Bertz CT molecular complexity index is 186. The molecular weight excluding hydrogens is 230 g/mol. The molecular formula is C12H31NOSi2. The summed E-state index contributed by atoms with van der Waals surface area (Å²) in [6.45, 7) is 19.7. The largest absolute Gasteiger partial charge is 0.456 e. The normalized spacial score (nSPS) is 13.5. The van der Waals surface area contributed by atoms with Crippen LogP contribution in [0.15, 0.2) is 0 Å². The fourth-order valence-corrected chi connectivity index (χ4v) is 10.2. The van der Waals surface area contributed by atoms with Crippen molar-refractivity contribution in [2.75, 3.05) is 19.6 Å². The predicted molar refractivity (Wildman–Crippen MR) is 79.1 cm³/mol. The number of hydrogen-bond acceptors (Lipinski definition) is 2. The molecule has 0 rings (SSSR count). The van der Waals surface area contributed by atoms with Crippen LogP contribution in [0.4, 0.5) is 0 Å². The highest BCUT2D eigenvalue weighted by Gasteiger charge is 2.28. The highest BCUT2D eigenvalue weighted by molar-refractivity contribution is 6.84. The topological polar surface area (TPSA) is 12.5 Å². The Morgan fingerprint density at radius 2 is 1.44 bits per heavy atom. The van der Waals surface area contributed by atoms with Crippen LogP contribution in [0.3, 0.4) is 0 Å². The lowest BCUT2D eigenvalue weighted by Gasteiger charge is -2.32. The van der Waals surface area contributed by atoms with E-state index in [-0.39, 0.29) is 0 Å². The van der Waals surface area contributed by atoms with Crippen LogP contribution in [0.5, 0.6) is 0 Å². The molecule has 0 atom stereocenters. The maximum atomic E-state index is 6.33. The van der Waals surface area contributed by atoms with Crippen molar-refractivity contribution in [3.63, 3.8) is 0 Å². The molecule has 0 heterocycles. The number of hydrogen-bond donors (Lipinski definition) is 0. The van der Waals surface area contributed by atoms with Gasteiger partial charge < -0.3 is 9.02 Å². The molecule has 0 aromatic rings. The van der Waals surface area contributed by atoms with Crippen molar-refractivity contribution >= 4 is 16.6 Å². The lowest BCUT2D eigenvalue weighted by Crippen LogP contribution is -2.42. The van der Waals surface area contributed by atoms with Gasteiger partial charge in [0.25, 0.3) is 0 Å². The lowest BCUT2D eigenvalue weighted by molar-refractivity contribution is 0.303. The number of rotatable bonds is 8. The van der Waals surface area contributed by atoms with Gasteiger partial charge in [0.15, 0.2) is 16.6 Å². The van der Waals surface area contributed by atoms with Crippen LogP contribution in [-0.4, -0.2) is 41.2 Å². The molecule has 98 valence electrons. The number of nitrogens with zero attached hydrogens (tertiary/aromatic N) is 1. The van der Waals surface area contributed by atoms with E-state index in [0.717, 1.165) is 0 Å². The first-order chi connectivity index (χ1) is 7.20. The van der Waals surface area contributed by atoms with Gasteiger partial charge in [-0.15, -0.1) is 0 Å². The summed E-state index contributed by atoms with van der Waals surface area (Å²) in [4.78, 5) is 2.50. The van der Waals surface area contributed by atoms with Crippen molar-refractivity contribution in [1.29, 1.82) is 0 Å². The molecule has 0 bridgehead atoms. The van der Waals surface area contributed by atoms with Gasteiger partial charge in [-0.05, 0) is 64.8 Å². The zero-order valence-corrected chi connectivity index (χ0v) is 14.4. The van der Waals surface area contributed by atoms with Crippen LogP contribution in [0, 0.1) is 0 Å². The summed E-state index contributed by atoms with van der Waals surface area (Å²) in [5.74, 6) is 0. The Morgan fingerprint density at radius 1 is 0.938 bits per heavy atom. The molecule has 0 radical (unpaired) electrons. The Hall–Kier alpha value is 0.354. The van der Waals surface area contributed by atoms with Gasteiger partial charge in [-0.1, -0.05) is 13.8 Å². The van der Waals surface area contributed by atoms with Gasteiger partial charge in [0.1, 0.15) is 0 Å². The molecule has 0 aromatic heterocycles. The summed E-state index contributed by atoms with van der Waals surface area (Å²) in [6, 6.07) is 1.30. The average molecular weight is 262 g/mol. The van der Waals surface area contributed by atoms with Gasteiger partial charge in [-0.3, -0.25) is 0 Å². The third-order valence-electron chi connectivity index (χ3n) is 2.73. The van der Waals surface area contributed by atoms with Crippen LogP contribution in [0.2, 0.25) is 38.8 Å². The molecule has 0 aromatic carbocycles. The molecule has 0 aliphatic heterocycles. The summed E-state index contributed by atoms with van der Waals surface area (Å²) >= 11 is 0. The second-order valence-corrected chi connectivity index (χ2v) is 15.2. The summed E-state index contributed by atoms with van der Waals surface area (Å²) in [6.07, 6.45) is 1.30. The molecule has 4 heteroatoms. The average Bonchev–Trinajstić information content (AvgIpc) is 2.08. The second kappa shape index (κ2) is 6.94. The first kappa shape index (κ1) is 16.4. The first-order valence-corrected chi connectivity index (χ1v) is 13.1. The van der Waals surface area contributed by atoms with Crippen LogP contribution in [-0.2, 0) is 4.12 Å². The SMILES string of the molecule is CCN(CC)CCC[Si](C)(C)O[Si](C)(C)C. The predicted octanol–water partition coefficient (Wildman–Crippen LogP) is 3.77. The third kappa shape index (κ3) is 8.50. The van der Waals surface area contributed by atoms with E-state index < -0.39 is 16.6 Å². The van der Waals surface area contributed by atoms with Crippen molar-refractivity contribution in [2.24, 2.45) is 0 Å². The van der Waals surface area contributed by atoms with Crippen LogP contribution in [0.25, 0.3) is 0 Å². The van der Waals surface area contributed by atoms with E-state index in [1.807, 2.05) is 0 Å². The van der Waals surface area contributed by atoms with E-state index in [9.17, 15) is 0 Å². The molecule has 0 unspecified atom stereocenters. The summed E-state index contributed by atoms with van der Waals surface area (Å²) in [5, 5.41) is 0. The fraction of sp³-hybridized carbons (Fsp3) is 1.00. The van der Waals surface area contributed by atoms with Crippen molar-refractivity contribution in [3.8, 4) is 0 Å². The zero-order valence-electron chi connectivity index (χ0n) is 12.4. The molecule has 0 amide bonds. The summed E-state index contributed by atoms with van der Waals surface area (Å²) in [7, 11) is -2.73. The highest BCUT2D eigenvalue weighted by Crippen LogP contribution is 2.19. The van der Waals surface area contributed by atoms with Crippen molar-refractivity contribution in [3.05, 3.63) is 0 Å². The Labute approximate surface area is 105 Å². The molecule has 0 spiro atoms. The van der Waals surface area contributed by atoms with Gasteiger partial charge in [-0.2, -0.15) is 0 Å². The third-order valence-corrected chi connectivity index (χ3v) is 8.95. The monoisotopic (exact) mass is 261 g/mol. The smallest absolute Gasteiger partial charge is 0.173 e. The molecule has 0 aliphatic rings. The van der Waals surface area contributed by atoms with Gasteiger partial charge in [0.05, 0.1) is 0 Å². The highest BCUT2D eigenvalue weighted by atomic mass is 28.4. The van der Waals surface area contributed by atoms with E-state index in [0.29, 0.717) is 0 Å². The van der Waals surface area contributed by atoms with Crippen LogP contribution >= 0.6 is 0 Å². The first-order valence-electron chi connectivity index (χ1n) is 6.62. The molecule has 2 nitrogen and oxygen atoms in total. The Morgan fingerprint density at radius 3 is 1.81 bits per heavy atom. The standard InChI is InChI=1S/C12H31NOSi2/c1-8-13(9-2)11-10-12-16(6,7)14-15(3,4)5/h8-12H2,1-7H3. The van der Waals surface area contributed by atoms with Crippen LogP contribution < -0.4 is 0 Å². The lowest BCUT2D eigenvalue weighted by atomic mass is 10.4. The maximum absolute atomic E-state index is 6.33. The quantitative estimate of drug-likeness (QED) is 0.617. The molecule has 0 saturated carbocycles. The molecule has 0 N–H and O–H groups in total. The Kier molecular flexibility index (Phi) is 7.09. The maximum Gasteiger partial charge on any atom is 0.173 e. The van der Waals surface area contributed by atoms with E-state index in [4.69, 9.17) is 4.12 Å². The second-order valence-electron chi connectivity index (χ2n) is 6.10. The summed E-state index contributed by atoms with van der Waals surface area (Å²) < 4.78 is 6.33. The van der Waals surface area contributed by atoms with E-state index in [1.165, 1.54) is 32.1 Å². The molecule has 0 saturated heterocycles. The van der Waals surface area contributed by atoms with E-state index in [2.05, 4.69) is 51.5 Å². The summed E-state index contributed by atoms with van der Waals surface area (Å²) in [5.41, 5.74) is 0. The zero-order chi connectivity index (χ0) is 12.8. The minimum Gasteiger partial charge on any atom is -0.456 e. The fourth-order valence-electron chi connectivity index (χ4n) is 2.15. The minimum atomic E-state index is -1.40. The van der Waals surface area contributed by atoms with E-state index in [1.54, 1.807) is 0 Å². The van der Waals surface area contributed by atoms with Gasteiger partial charge >= 0.3 is 0 Å². The van der Waals surface area contributed by atoms with Gasteiger partial charge in [0.2, 0.25) is 0 Å². The van der Waals surface area contributed by atoms with Crippen molar-refractivity contribution in [2.45, 2.75) is 59.0 Å². The minimum absolute atomic E-state index is 1.17. The Balaban J connectivity index is 3.90. The van der Waals surface area contributed by atoms with E-state index >= 15 is 0 Å². The molecule has 16 heavy (non-hydrogen) atoms. The molecule has 0 fully saturated rings. The van der Waals surface area contributed by atoms with Crippen LogP contribution in [0.1, 0.15) is 20.3 Å². The van der Waals surface area contributed by atoms with Gasteiger partial charge in [-0.25, -0.2) is 0 Å². The van der Waals surface area contributed by atoms with Crippen molar-refractivity contribution in [1.82, 2.24) is 4.90 Å².